The minimum atomic E-state index is -2.30. The highest BCUT2D eigenvalue weighted by atomic mass is 32.2. The van der Waals surface area contributed by atoms with E-state index in [-0.39, 0.29) is 19.5 Å². The predicted molar refractivity (Wildman–Crippen MR) is 232 cm³/mol. The predicted octanol–water partition coefficient (Wildman–Crippen LogP) is 12.4. The molecule has 0 bridgehead atoms. The van der Waals surface area contributed by atoms with E-state index in [2.05, 4.69) is 56.1 Å². The molecule has 0 aromatic carbocycles. The SMILES string of the molecule is CCCCC/C=C\C/C=C\CCCCCCCCOC(CSCCCCCCCCCCCC)O[Si](C)(C)OCCCCCCN(CCO)CCO. The monoisotopic (exact) mass is 772 g/mol. The summed E-state index contributed by atoms with van der Waals surface area (Å²) in [4.78, 5) is 2.13. The highest BCUT2D eigenvalue weighted by molar-refractivity contribution is 7.99. The molecule has 1 unspecified atom stereocenters. The first-order valence-corrected chi connectivity index (χ1v) is 26.2. The summed E-state index contributed by atoms with van der Waals surface area (Å²) >= 11 is 1.99. The molecule has 0 spiro atoms. The number of unbranched alkanes of at least 4 members (excludes halogenated alkanes) is 21. The van der Waals surface area contributed by atoms with Crippen LogP contribution in [0.25, 0.3) is 0 Å². The van der Waals surface area contributed by atoms with Crippen LogP contribution >= 0.6 is 11.8 Å². The molecule has 310 valence electrons. The Hall–Kier alpha value is -0.193. The van der Waals surface area contributed by atoms with Crippen LogP contribution in [-0.2, 0) is 13.6 Å². The summed E-state index contributed by atoms with van der Waals surface area (Å²) in [5.41, 5.74) is 0. The van der Waals surface area contributed by atoms with Gasteiger partial charge in [-0.25, -0.2) is 0 Å². The van der Waals surface area contributed by atoms with E-state index in [1.54, 1.807) is 0 Å². The van der Waals surface area contributed by atoms with E-state index >= 15 is 0 Å². The van der Waals surface area contributed by atoms with Gasteiger partial charge < -0.3 is 23.8 Å². The summed E-state index contributed by atoms with van der Waals surface area (Å²) in [5.74, 6) is 2.07. The van der Waals surface area contributed by atoms with Crippen molar-refractivity contribution in [2.45, 2.75) is 200 Å². The van der Waals surface area contributed by atoms with Crippen LogP contribution in [0.2, 0.25) is 13.1 Å². The van der Waals surface area contributed by atoms with Gasteiger partial charge in [-0.2, -0.15) is 11.8 Å². The van der Waals surface area contributed by atoms with Crippen molar-refractivity contribution in [1.82, 2.24) is 4.90 Å². The Bertz CT molecular complexity index is 750. The van der Waals surface area contributed by atoms with Crippen LogP contribution in [0, 0.1) is 0 Å². The molecule has 2 N–H and O–H groups in total. The molecule has 8 heteroatoms. The van der Waals surface area contributed by atoms with Crippen LogP contribution in [-0.4, -0.2) is 87.5 Å². The highest BCUT2D eigenvalue weighted by Gasteiger charge is 2.29. The summed E-state index contributed by atoms with van der Waals surface area (Å²) in [6.07, 6.45) is 42.4. The second-order valence-corrected chi connectivity index (χ2v) is 19.7. The van der Waals surface area contributed by atoms with Crippen molar-refractivity contribution in [2.24, 2.45) is 0 Å². The summed E-state index contributed by atoms with van der Waals surface area (Å²) in [6, 6.07) is 0. The lowest BCUT2D eigenvalue weighted by atomic mass is 10.1. The molecular formula is C44H89NO5SSi. The molecule has 0 fully saturated rings. The first-order valence-electron chi connectivity index (χ1n) is 22.2. The van der Waals surface area contributed by atoms with Gasteiger partial charge in [0.15, 0.2) is 6.29 Å². The fraction of sp³-hybridized carbons (Fsp3) is 0.909. The lowest BCUT2D eigenvalue weighted by Gasteiger charge is -2.29. The van der Waals surface area contributed by atoms with Crippen LogP contribution in [0.15, 0.2) is 24.3 Å². The van der Waals surface area contributed by atoms with Gasteiger partial charge >= 0.3 is 8.56 Å². The topological polar surface area (TPSA) is 71.4 Å². The molecule has 0 rings (SSSR count). The van der Waals surface area contributed by atoms with E-state index in [1.165, 1.54) is 134 Å². The Morgan fingerprint density at radius 1 is 0.558 bits per heavy atom. The summed E-state index contributed by atoms with van der Waals surface area (Å²) in [7, 11) is -2.30. The van der Waals surface area contributed by atoms with Gasteiger partial charge in [0.25, 0.3) is 0 Å². The molecule has 0 saturated heterocycles. The molecule has 1 atom stereocenters. The van der Waals surface area contributed by atoms with Gasteiger partial charge in [-0.15, -0.1) is 0 Å². The van der Waals surface area contributed by atoms with Crippen molar-refractivity contribution in [2.75, 3.05) is 57.6 Å². The normalized spacial score (nSPS) is 13.1. The average molecular weight is 772 g/mol. The van der Waals surface area contributed by atoms with Crippen LogP contribution in [0.3, 0.4) is 0 Å². The standard InChI is InChI=1S/C44H89NO5SSi/c1-5-7-9-11-13-15-17-18-19-20-21-22-23-25-28-32-40-48-44(43-51-42-34-30-26-24-16-14-12-10-8-6-2)50-52(3,4)49-41-33-29-27-31-35-45(36-38-46)37-39-47/h13,15,18-19,44,46-47H,5-12,14,16-17,20-43H2,1-4H3/b15-13-,19-18-. The molecule has 0 radical (unpaired) electrons. The smallest absolute Gasteiger partial charge is 0.333 e. The first kappa shape index (κ1) is 51.8. The minimum Gasteiger partial charge on any atom is -0.395 e. The van der Waals surface area contributed by atoms with E-state index in [0.717, 1.165) is 64.0 Å². The van der Waals surface area contributed by atoms with Crippen LogP contribution in [0.4, 0.5) is 0 Å². The number of hydrogen-bond donors (Lipinski definition) is 2. The molecule has 52 heavy (non-hydrogen) atoms. The molecule has 0 aliphatic rings. The quantitative estimate of drug-likeness (QED) is 0.0277. The Kier molecular flexibility index (Phi) is 41.8. The maximum atomic E-state index is 9.21. The number of nitrogens with zero attached hydrogens (tertiary/aromatic N) is 1. The van der Waals surface area contributed by atoms with E-state index in [1.807, 2.05) is 11.8 Å². The zero-order chi connectivity index (χ0) is 38.1. The van der Waals surface area contributed by atoms with E-state index in [4.69, 9.17) is 13.6 Å². The summed E-state index contributed by atoms with van der Waals surface area (Å²) < 4.78 is 19.3. The fourth-order valence-corrected chi connectivity index (χ4v) is 8.91. The third kappa shape index (κ3) is 39.5. The number of aliphatic hydroxyl groups excluding tert-OH is 2. The van der Waals surface area contributed by atoms with E-state index in [9.17, 15) is 10.2 Å². The van der Waals surface area contributed by atoms with Gasteiger partial charge in [-0.3, -0.25) is 4.90 Å². The third-order valence-electron chi connectivity index (χ3n) is 9.61. The number of aliphatic hydroxyl groups is 2. The maximum absolute atomic E-state index is 9.21. The van der Waals surface area contributed by atoms with E-state index in [0.29, 0.717) is 13.1 Å². The Labute approximate surface area is 329 Å². The van der Waals surface area contributed by atoms with Gasteiger partial charge in [0, 0.05) is 32.1 Å². The lowest BCUT2D eigenvalue weighted by molar-refractivity contribution is -0.0831. The first-order chi connectivity index (χ1) is 25.5. The number of allylic oxidation sites excluding steroid dienone is 4. The van der Waals surface area contributed by atoms with Crippen molar-refractivity contribution in [3.63, 3.8) is 0 Å². The maximum Gasteiger partial charge on any atom is 0.333 e. The van der Waals surface area contributed by atoms with Gasteiger partial charge in [0.1, 0.15) is 0 Å². The van der Waals surface area contributed by atoms with Gasteiger partial charge in [-0.1, -0.05) is 147 Å². The number of thioether (sulfide) groups is 1. The molecular weight excluding hydrogens is 683 g/mol. The Morgan fingerprint density at radius 2 is 1.04 bits per heavy atom. The van der Waals surface area contributed by atoms with Crippen molar-refractivity contribution in [3.8, 4) is 0 Å². The number of ether oxygens (including phenoxy) is 1. The van der Waals surface area contributed by atoms with E-state index < -0.39 is 8.56 Å². The van der Waals surface area contributed by atoms with Crippen molar-refractivity contribution < 1.29 is 23.8 Å². The van der Waals surface area contributed by atoms with Crippen LogP contribution in [0.1, 0.15) is 181 Å². The van der Waals surface area contributed by atoms with Gasteiger partial charge in [-0.05, 0) is 83.2 Å². The molecule has 0 amide bonds. The largest absolute Gasteiger partial charge is 0.395 e. The van der Waals surface area contributed by atoms with Crippen LogP contribution < -0.4 is 0 Å². The van der Waals surface area contributed by atoms with Crippen molar-refractivity contribution >= 4 is 20.3 Å². The molecule has 0 heterocycles. The van der Waals surface area contributed by atoms with Crippen LogP contribution in [0.5, 0.6) is 0 Å². The Balaban J connectivity index is 4.32. The lowest BCUT2D eigenvalue weighted by Crippen LogP contribution is -2.41. The summed E-state index contributed by atoms with van der Waals surface area (Å²) in [5, 5.41) is 18.4. The molecule has 6 nitrogen and oxygen atoms in total. The number of rotatable bonds is 43. The second-order valence-electron chi connectivity index (χ2n) is 15.2. The zero-order valence-electron chi connectivity index (χ0n) is 35.1. The van der Waals surface area contributed by atoms with Crippen molar-refractivity contribution in [1.29, 1.82) is 0 Å². The molecule has 0 aromatic rings. The van der Waals surface area contributed by atoms with Crippen molar-refractivity contribution in [3.05, 3.63) is 24.3 Å². The molecule has 0 aromatic heterocycles. The summed E-state index contributed by atoms with van der Waals surface area (Å²) in [6.45, 7) is 12.9. The molecule has 0 aliphatic carbocycles. The number of hydrogen-bond acceptors (Lipinski definition) is 7. The molecule has 0 saturated carbocycles. The minimum absolute atomic E-state index is 0.145. The molecule has 0 aliphatic heterocycles. The fourth-order valence-electron chi connectivity index (χ4n) is 6.37. The highest BCUT2D eigenvalue weighted by Crippen LogP contribution is 2.19. The van der Waals surface area contributed by atoms with Gasteiger partial charge in [0.05, 0.1) is 13.2 Å². The zero-order valence-corrected chi connectivity index (χ0v) is 36.9. The average Bonchev–Trinajstić information content (AvgIpc) is 3.12. The second kappa shape index (κ2) is 42.0. The van der Waals surface area contributed by atoms with Gasteiger partial charge in [0.2, 0.25) is 0 Å². The Morgan fingerprint density at radius 3 is 1.63 bits per heavy atom. The third-order valence-corrected chi connectivity index (χ3v) is 12.4.